The molecule has 2 aliphatic heterocycles. The molecule has 12 nitrogen and oxygen atoms in total. The number of fused-ring (bicyclic) bond motifs is 1. The molecule has 2 aliphatic rings. The SMILES string of the molecule is CCc1nc2c(cnn2CC)c(NC2CCOCC2)c1CNC(=O)c1cccc(C(=O)NCc2cc(OC)cc(-c3cccc(CN4CCN(C)CC4)c3)c2)c1. The van der Waals surface area contributed by atoms with E-state index in [4.69, 9.17) is 14.5 Å². The van der Waals surface area contributed by atoms with E-state index in [1.54, 1.807) is 31.4 Å². The number of hydrogen-bond donors (Lipinski definition) is 3. The maximum Gasteiger partial charge on any atom is 0.251 e. The van der Waals surface area contributed by atoms with Gasteiger partial charge < -0.3 is 30.3 Å². The number of carbonyl (C=O) groups is 2. The highest BCUT2D eigenvalue weighted by molar-refractivity contribution is 6.00. The number of aromatic nitrogens is 3. The van der Waals surface area contributed by atoms with Gasteiger partial charge in [-0.05, 0) is 98.0 Å². The number of nitrogens with zero attached hydrogens (tertiary/aromatic N) is 5. The van der Waals surface area contributed by atoms with E-state index in [-0.39, 0.29) is 24.4 Å². The lowest BCUT2D eigenvalue weighted by atomic mass is 10.00. The molecule has 0 radical (unpaired) electrons. The van der Waals surface area contributed by atoms with Crippen LogP contribution in [0.2, 0.25) is 0 Å². The van der Waals surface area contributed by atoms with Crippen molar-refractivity contribution in [1.29, 1.82) is 0 Å². The quantitative estimate of drug-likeness (QED) is 0.127. The van der Waals surface area contributed by atoms with E-state index >= 15 is 0 Å². The van der Waals surface area contributed by atoms with Crippen molar-refractivity contribution in [3.05, 3.63) is 106 Å². The number of anilines is 1. The molecule has 5 aromatic rings. The van der Waals surface area contributed by atoms with Crippen LogP contribution in [-0.4, -0.2) is 96.0 Å². The second-order valence-electron chi connectivity index (χ2n) is 14.8. The van der Waals surface area contributed by atoms with Crippen LogP contribution in [0.15, 0.2) is 72.9 Å². The van der Waals surface area contributed by atoms with Gasteiger partial charge in [0.05, 0.1) is 24.4 Å². The van der Waals surface area contributed by atoms with Gasteiger partial charge in [0.25, 0.3) is 11.8 Å². The monoisotopic (exact) mass is 758 g/mol. The summed E-state index contributed by atoms with van der Waals surface area (Å²) in [5, 5.41) is 15.5. The van der Waals surface area contributed by atoms with Crippen LogP contribution >= 0.6 is 0 Å². The molecular formula is C44H54N8O4. The summed E-state index contributed by atoms with van der Waals surface area (Å²) in [6, 6.07) is 21.8. The summed E-state index contributed by atoms with van der Waals surface area (Å²) in [4.78, 5) is 37.0. The Bertz CT molecular complexity index is 2150. The molecule has 294 valence electrons. The Balaban J connectivity index is 1.03. The maximum atomic E-state index is 13.6. The molecule has 3 N–H and O–H groups in total. The minimum atomic E-state index is -0.268. The highest BCUT2D eigenvalue weighted by Gasteiger charge is 2.23. The van der Waals surface area contributed by atoms with Gasteiger partial charge in [0.1, 0.15) is 5.75 Å². The normalized spacial score (nSPS) is 15.5. The van der Waals surface area contributed by atoms with Crippen LogP contribution < -0.4 is 20.7 Å². The predicted molar refractivity (Wildman–Crippen MR) is 220 cm³/mol. The van der Waals surface area contributed by atoms with Gasteiger partial charge in [0, 0.05) is 94.0 Å². The van der Waals surface area contributed by atoms with Crippen LogP contribution in [0.4, 0.5) is 5.69 Å². The highest BCUT2D eigenvalue weighted by Crippen LogP contribution is 2.32. The fourth-order valence-electron chi connectivity index (χ4n) is 7.62. The molecule has 2 saturated heterocycles. The first kappa shape index (κ1) is 39.0. The summed E-state index contributed by atoms with van der Waals surface area (Å²) in [6.45, 7) is 12.1. The van der Waals surface area contributed by atoms with E-state index in [0.717, 1.165) is 96.0 Å². The molecule has 2 amide bonds. The maximum absolute atomic E-state index is 13.6. The van der Waals surface area contributed by atoms with Crippen molar-refractivity contribution in [3.8, 4) is 16.9 Å². The number of nitrogens with one attached hydrogen (secondary N) is 3. The second kappa shape index (κ2) is 18.1. The van der Waals surface area contributed by atoms with Crippen molar-refractivity contribution in [2.24, 2.45) is 0 Å². The van der Waals surface area contributed by atoms with Gasteiger partial charge in [0.15, 0.2) is 5.65 Å². The third kappa shape index (κ3) is 9.21. The molecule has 0 unspecified atom stereocenters. The van der Waals surface area contributed by atoms with Crippen LogP contribution in [0.5, 0.6) is 5.75 Å². The first-order chi connectivity index (χ1) is 27.3. The topological polar surface area (TPSA) is 126 Å². The van der Waals surface area contributed by atoms with E-state index < -0.39 is 0 Å². The van der Waals surface area contributed by atoms with Crippen molar-refractivity contribution < 1.29 is 19.1 Å². The molecule has 0 aliphatic carbocycles. The number of hydrogen-bond acceptors (Lipinski definition) is 9. The zero-order chi connectivity index (χ0) is 39.0. The first-order valence-corrected chi connectivity index (χ1v) is 19.9. The average Bonchev–Trinajstić information content (AvgIpc) is 3.66. The third-order valence-electron chi connectivity index (χ3n) is 10.9. The third-order valence-corrected chi connectivity index (χ3v) is 10.9. The minimum absolute atomic E-state index is 0.251. The predicted octanol–water partition coefficient (Wildman–Crippen LogP) is 5.89. The van der Waals surface area contributed by atoms with Gasteiger partial charge >= 0.3 is 0 Å². The molecule has 2 aromatic heterocycles. The molecule has 0 bridgehead atoms. The van der Waals surface area contributed by atoms with Crippen LogP contribution in [0.3, 0.4) is 0 Å². The van der Waals surface area contributed by atoms with E-state index in [0.29, 0.717) is 43.9 Å². The summed E-state index contributed by atoms with van der Waals surface area (Å²) in [6.07, 6.45) is 4.36. The summed E-state index contributed by atoms with van der Waals surface area (Å²) in [7, 11) is 3.83. The number of amides is 2. The number of methoxy groups -OCH3 is 1. The van der Waals surface area contributed by atoms with Crippen LogP contribution in [0, 0.1) is 0 Å². The van der Waals surface area contributed by atoms with Crippen molar-refractivity contribution in [3.63, 3.8) is 0 Å². The number of carbonyl (C=O) groups excluding carboxylic acids is 2. The van der Waals surface area contributed by atoms with Gasteiger partial charge in [-0.15, -0.1) is 0 Å². The largest absolute Gasteiger partial charge is 0.497 e. The van der Waals surface area contributed by atoms with Crippen molar-refractivity contribution in [2.75, 3.05) is 58.9 Å². The molecule has 12 heteroatoms. The molecule has 0 saturated carbocycles. The lowest BCUT2D eigenvalue weighted by Crippen LogP contribution is -2.43. The minimum Gasteiger partial charge on any atom is -0.497 e. The van der Waals surface area contributed by atoms with Crippen molar-refractivity contribution >= 4 is 28.5 Å². The fraction of sp³-hybridized carbons (Fsp3) is 0.409. The van der Waals surface area contributed by atoms with Gasteiger partial charge in [0.2, 0.25) is 0 Å². The number of benzene rings is 3. The smallest absolute Gasteiger partial charge is 0.251 e. The lowest BCUT2D eigenvalue weighted by molar-refractivity contribution is 0.0904. The highest BCUT2D eigenvalue weighted by atomic mass is 16.5. The van der Waals surface area contributed by atoms with Crippen LogP contribution in [0.1, 0.15) is 69.8 Å². The number of rotatable bonds is 14. The fourth-order valence-corrected chi connectivity index (χ4v) is 7.62. The summed E-state index contributed by atoms with van der Waals surface area (Å²) in [5.74, 6) is 0.188. The standard InChI is InChI=1S/C44H54N8O4/c1-5-40-38(41(48-36-13-19-56-20-14-36)39-28-47-52(6-2)42(39)49-40)27-46-44(54)34-12-8-11-33(24-34)43(53)45-26-31-22-35(25-37(23-31)55-4)32-10-7-9-30(21-32)29-51-17-15-50(3)16-18-51/h7-12,21-25,28,36H,5-6,13-20,26-27,29H2,1-4H3,(H,45,53)(H,46,54)(H,48,49). The van der Waals surface area contributed by atoms with Crippen molar-refractivity contribution in [1.82, 2.24) is 35.2 Å². The Hall–Kier alpha value is -5.30. The molecule has 56 heavy (non-hydrogen) atoms. The Kier molecular flexibility index (Phi) is 12.6. The van der Waals surface area contributed by atoms with Crippen LogP contribution in [0.25, 0.3) is 22.2 Å². The number of piperazine rings is 1. The summed E-state index contributed by atoms with van der Waals surface area (Å²) >= 11 is 0. The van der Waals surface area contributed by atoms with Crippen molar-refractivity contribution in [2.45, 2.75) is 65.3 Å². The van der Waals surface area contributed by atoms with E-state index in [1.165, 1.54) is 5.56 Å². The molecule has 4 heterocycles. The number of pyridine rings is 1. The Labute approximate surface area is 329 Å². The second-order valence-corrected chi connectivity index (χ2v) is 14.8. The Morgan fingerprint density at radius 3 is 2.29 bits per heavy atom. The van der Waals surface area contributed by atoms with E-state index in [9.17, 15) is 9.59 Å². The molecular weight excluding hydrogens is 705 g/mol. The van der Waals surface area contributed by atoms with Gasteiger partial charge in [-0.1, -0.05) is 31.2 Å². The molecule has 2 fully saturated rings. The number of ether oxygens (including phenoxy) is 2. The van der Waals surface area contributed by atoms with Gasteiger partial charge in [-0.25, -0.2) is 9.67 Å². The Morgan fingerprint density at radius 2 is 1.57 bits per heavy atom. The molecule has 7 rings (SSSR count). The molecule has 0 spiro atoms. The van der Waals surface area contributed by atoms with E-state index in [2.05, 4.69) is 82.1 Å². The van der Waals surface area contributed by atoms with E-state index in [1.807, 2.05) is 23.0 Å². The molecule has 0 atom stereocenters. The summed E-state index contributed by atoms with van der Waals surface area (Å²) < 4.78 is 13.2. The van der Waals surface area contributed by atoms with Gasteiger partial charge in [-0.2, -0.15) is 5.10 Å². The average molecular weight is 759 g/mol. The summed E-state index contributed by atoms with van der Waals surface area (Å²) in [5.41, 5.74) is 8.79. The Morgan fingerprint density at radius 1 is 0.857 bits per heavy atom. The zero-order valence-electron chi connectivity index (χ0n) is 33.1. The van der Waals surface area contributed by atoms with Crippen LogP contribution in [-0.2, 0) is 37.3 Å². The lowest BCUT2D eigenvalue weighted by Gasteiger charge is -2.32. The first-order valence-electron chi connectivity index (χ1n) is 19.9. The molecule has 3 aromatic carbocycles. The number of aryl methyl sites for hydroxylation is 2. The zero-order valence-corrected chi connectivity index (χ0v) is 33.1. The van der Waals surface area contributed by atoms with Gasteiger partial charge in [-0.3, -0.25) is 14.5 Å². The number of likely N-dealkylation sites (N-methyl/N-ethyl adjacent to an activating group) is 1.